The van der Waals surface area contributed by atoms with Gasteiger partial charge in [-0.1, -0.05) is 23.7 Å². The lowest BCUT2D eigenvalue weighted by Gasteiger charge is -2.51. The molecule has 0 bridgehead atoms. The Morgan fingerprint density at radius 1 is 1.25 bits per heavy atom. The van der Waals surface area contributed by atoms with E-state index in [0.29, 0.717) is 5.39 Å². The van der Waals surface area contributed by atoms with Gasteiger partial charge in [-0.05, 0) is 28.1 Å². The Morgan fingerprint density at radius 2 is 1.88 bits per heavy atom. The van der Waals surface area contributed by atoms with E-state index in [-0.39, 0.29) is 11.3 Å². The largest absolute Gasteiger partial charge is 0.506 e. The number of alkyl halides is 2. The summed E-state index contributed by atoms with van der Waals surface area (Å²) in [6.45, 7) is 0. The highest BCUT2D eigenvalue weighted by Gasteiger charge is 2.64. The average molecular weight is 425 g/mol. The quantitative estimate of drug-likeness (QED) is 0.365. The van der Waals surface area contributed by atoms with Gasteiger partial charge < -0.3 is 39.9 Å². The third-order valence-corrected chi connectivity index (χ3v) is 5.83. The molecule has 1 aliphatic rings. The van der Waals surface area contributed by atoms with Gasteiger partial charge in [0.05, 0.1) is 5.52 Å². The first-order valence-corrected chi connectivity index (χ1v) is 8.12. The zero-order valence-electron chi connectivity index (χ0n) is 12.0. The van der Waals surface area contributed by atoms with Crippen molar-refractivity contribution >= 4 is 38.4 Å². The summed E-state index contributed by atoms with van der Waals surface area (Å²) in [5.74, 6) is -0.217. The fourth-order valence-corrected chi connectivity index (χ4v) is 3.59. The van der Waals surface area contributed by atoms with Crippen LogP contribution in [0.25, 0.3) is 10.9 Å². The van der Waals surface area contributed by atoms with Crippen molar-refractivity contribution in [2.45, 2.75) is 34.3 Å². The molecule has 3 rings (SSSR count). The van der Waals surface area contributed by atoms with Crippen LogP contribution in [0.3, 0.4) is 0 Å². The molecule has 132 valence electrons. The number of aliphatic hydroxyl groups excluding tert-OH is 4. The van der Waals surface area contributed by atoms with Gasteiger partial charge in [0.2, 0.25) is 5.72 Å². The van der Waals surface area contributed by atoms with Crippen molar-refractivity contribution in [3.8, 4) is 5.75 Å². The molecule has 1 fully saturated rings. The molecule has 0 saturated carbocycles. The predicted octanol–water partition coefficient (Wildman–Crippen LogP) is -0.289. The minimum absolute atomic E-state index is 0.217. The van der Waals surface area contributed by atoms with Crippen LogP contribution >= 0.6 is 27.5 Å². The summed E-state index contributed by atoms with van der Waals surface area (Å²) in [5.41, 5.74) is -4.18. The fraction of sp³-hybridized carbons (Fsp3) is 0.429. The molecule has 0 radical (unpaired) electrons. The molecule has 6 atom stereocenters. The molecule has 1 aromatic heterocycles. The van der Waals surface area contributed by atoms with Gasteiger partial charge in [-0.15, -0.1) is 0 Å². The van der Waals surface area contributed by atoms with E-state index >= 15 is 0 Å². The van der Waals surface area contributed by atoms with E-state index in [4.69, 9.17) is 16.3 Å². The lowest BCUT2D eigenvalue weighted by atomic mass is 9.91. The first-order chi connectivity index (χ1) is 11.1. The highest BCUT2D eigenvalue weighted by Crippen LogP contribution is 2.47. The van der Waals surface area contributed by atoms with Gasteiger partial charge in [-0.2, -0.15) is 0 Å². The van der Waals surface area contributed by atoms with Crippen LogP contribution in [0, 0.1) is 0 Å². The maximum absolute atomic E-state index is 11.1. The van der Waals surface area contributed by atoms with Gasteiger partial charge in [0.25, 0.3) is 0 Å². The smallest absolute Gasteiger partial charge is 0.204 e. The molecule has 1 saturated heterocycles. The number of benzene rings is 1. The normalized spacial score (nSPS) is 38.4. The first kappa shape index (κ1) is 17.9. The number of rotatable bonds is 2. The van der Waals surface area contributed by atoms with Gasteiger partial charge >= 0.3 is 0 Å². The fourth-order valence-electron chi connectivity index (χ4n) is 2.89. The molecule has 8 nitrogen and oxygen atoms in total. The van der Waals surface area contributed by atoms with Gasteiger partial charge in [0, 0.05) is 11.6 Å². The second-order valence-electron chi connectivity index (χ2n) is 5.57. The van der Waals surface area contributed by atoms with E-state index in [1.54, 1.807) is 18.2 Å². The Bertz CT molecular complexity index is 771. The number of hydrogen-bond acceptors (Lipinski definition) is 7. The number of para-hydroxylation sites is 1. The van der Waals surface area contributed by atoms with Gasteiger partial charge in [-0.3, -0.25) is 0 Å². The highest BCUT2D eigenvalue weighted by atomic mass is 79.9. The van der Waals surface area contributed by atoms with E-state index in [1.165, 1.54) is 6.07 Å². The Balaban J connectivity index is 2.25. The summed E-state index contributed by atoms with van der Waals surface area (Å²) >= 11 is 8.48. The molecule has 0 aliphatic carbocycles. The van der Waals surface area contributed by atoms with Crippen LogP contribution in [0.15, 0.2) is 30.5 Å². The number of fused-ring (bicyclic) bond motifs is 1. The lowest BCUT2D eigenvalue weighted by Crippen LogP contribution is -2.72. The highest BCUT2D eigenvalue weighted by molar-refractivity contribution is 9.10. The number of ether oxygens (including phenoxy) is 1. The zero-order chi connectivity index (χ0) is 17.9. The van der Waals surface area contributed by atoms with E-state index in [0.717, 1.165) is 10.8 Å². The van der Waals surface area contributed by atoms with Crippen LogP contribution in [0.1, 0.15) is 0 Å². The Morgan fingerprint density at radius 3 is 2.50 bits per heavy atom. The Labute approximate surface area is 149 Å². The number of aromatic nitrogens is 1. The molecule has 6 N–H and O–H groups in total. The first-order valence-electron chi connectivity index (χ1n) is 6.89. The summed E-state index contributed by atoms with van der Waals surface area (Å²) in [5, 5.41) is 61.9. The summed E-state index contributed by atoms with van der Waals surface area (Å²) in [4.78, 5) is 0. The van der Waals surface area contributed by atoms with Crippen molar-refractivity contribution in [1.82, 2.24) is 4.57 Å². The number of aromatic hydroxyl groups is 1. The molecule has 0 amide bonds. The SMILES string of the molecule is Oc1cn([C@@]2(O)[C@H](O)[C@@H](O)O[C@](Br)(C(O)Cl)[C@H]2O)c2ccccc12. The van der Waals surface area contributed by atoms with E-state index in [9.17, 15) is 30.6 Å². The van der Waals surface area contributed by atoms with Crippen LogP contribution < -0.4 is 0 Å². The number of hydrogen-bond donors (Lipinski definition) is 6. The zero-order valence-corrected chi connectivity index (χ0v) is 14.3. The summed E-state index contributed by atoms with van der Waals surface area (Å²) in [6.07, 6.45) is -4.94. The van der Waals surface area contributed by atoms with Crippen molar-refractivity contribution in [2.24, 2.45) is 0 Å². The molecule has 24 heavy (non-hydrogen) atoms. The van der Waals surface area contributed by atoms with E-state index in [2.05, 4.69) is 15.9 Å². The summed E-state index contributed by atoms with van der Waals surface area (Å²) in [6, 6.07) is 6.37. The minimum Gasteiger partial charge on any atom is -0.506 e. The molecule has 1 aliphatic heterocycles. The third-order valence-electron chi connectivity index (χ3n) is 4.18. The molecular formula is C14H15BrClNO7. The molecule has 1 unspecified atom stereocenters. The van der Waals surface area contributed by atoms with Crippen molar-refractivity contribution in [2.75, 3.05) is 0 Å². The van der Waals surface area contributed by atoms with Crippen LogP contribution in [0.2, 0.25) is 0 Å². The van der Waals surface area contributed by atoms with Gasteiger partial charge in [-0.25, -0.2) is 0 Å². The summed E-state index contributed by atoms with van der Waals surface area (Å²) in [7, 11) is 0. The number of aliphatic hydroxyl groups is 5. The summed E-state index contributed by atoms with van der Waals surface area (Å²) < 4.78 is 3.77. The average Bonchev–Trinajstić information content (AvgIpc) is 2.89. The van der Waals surface area contributed by atoms with E-state index in [1.807, 2.05) is 0 Å². The van der Waals surface area contributed by atoms with Crippen molar-refractivity contribution in [3.05, 3.63) is 30.5 Å². The maximum atomic E-state index is 11.1. The molecule has 2 aromatic rings. The molecule has 2 heterocycles. The van der Waals surface area contributed by atoms with Crippen LogP contribution in [-0.4, -0.2) is 63.8 Å². The predicted molar refractivity (Wildman–Crippen MR) is 86.4 cm³/mol. The number of halogens is 2. The topological polar surface area (TPSA) is 136 Å². The second kappa shape index (κ2) is 5.82. The van der Waals surface area contributed by atoms with E-state index < -0.39 is 34.3 Å². The van der Waals surface area contributed by atoms with Crippen LogP contribution in [0.5, 0.6) is 5.75 Å². The standard InChI is InChI=1S/C14H15BrClNO7/c15-13(12(16)22)11(21)14(23,9(19)10(20)24-13)17-5-8(18)6-3-1-2-4-7(6)17/h1-5,9-12,18-23H/t9-,10+,11-,12?,13+,14-/m1/s1. The van der Waals surface area contributed by atoms with Crippen molar-refractivity contribution in [1.29, 1.82) is 0 Å². The van der Waals surface area contributed by atoms with Crippen molar-refractivity contribution in [3.63, 3.8) is 0 Å². The minimum atomic E-state index is -2.57. The molecule has 0 spiro atoms. The van der Waals surface area contributed by atoms with Crippen LogP contribution in [0.4, 0.5) is 0 Å². The Hall–Kier alpha value is -0.910. The monoisotopic (exact) mass is 423 g/mol. The van der Waals surface area contributed by atoms with Crippen LogP contribution in [-0.2, 0) is 10.5 Å². The molecule has 10 heteroatoms. The number of nitrogens with zero attached hydrogens (tertiary/aromatic N) is 1. The van der Waals surface area contributed by atoms with Crippen molar-refractivity contribution < 1.29 is 35.4 Å². The second-order valence-corrected chi connectivity index (χ2v) is 7.23. The van der Waals surface area contributed by atoms with Gasteiger partial charge in [0.1, 0.15) is 11.9 Å². The molecule has 1 aromatic carbocycles. The van der Waals surface area contributed by atoms with Gasteiger partial charge in [0.15, 0.2) is 22.5 Å². The molecular weight excluding hydrogens is 410 g/mol. The lowest BCUT2D eigenvalue weighted by molar-refractivity contribution is -0.357. The maximum Gasteiger partial charge on any atom is 0.204 e. The Kier molecular flexibility index (Phi) is 4.34. The third kappa shape index (κ3) is 2.28.